The van der Waals surface area contributed by atoms with Crippen molar-refractivity contribution in [1.82, 2.24) is 0 Å². The van der Waals surface area contributed by atoms with E-state index in [1.165, 1.54) is 5.56 Å². The minimum Gasteiger partial charge on any atom is -0.490 e. The van der Waals surface area contributed by atoms with Gasteiger partial charge in [-0.25, -0.2) is 9.79 Å². The Balaban J connectivity index is 1.62. The number of aliphatic imine (C=N–C) groups is 1. The number of cyclic esters (lactones) is 1. The third-order valence-corrected chi connectivity index (χ3v) is 5.96. The molecule has 0 fully saturated rings. The number of carbonyl (C=O) groups is 1. The number of nitrogens with zero attached hydrogens (tertiary/aromatic N) is 1. The highest BCUT2D eigenvalue weighted by molar-refractivity contribution is 14.1. The van der Waals surface area contributed by atoms with Gasteiger partial charge >= 0.3 is 5.97 Å². The average Bonchev–Trinajstić information content (AvgIpc) is 3.15. The lowest BCUT2D eigenvalue weighted by atomic mass is 10.1. The van der Waals surface area contributed by atoms with Crippen LogP contribution >= 0.6 is 22.6 Å². The topological polar surface area (TPSA) is 57.1 Å². The van der Waals surface area contributed by atoms with E-state index in [1.54, 1.807) is 6.08 Å². The second-order valence-electron chi connectivity index (χ2n) is 7.68. The monoisotopic (exact) mass is 553 g/mol. The second-order valence-corrected chi connectivity index (χ2v) is 8.85. The number of ether oxygens (including phenoxy) is 3. The van der Waals surface area contributed by atoms with Crippen molar-refractivity contribution in [1.29, 1.82) is 0 Å². The molecule has 0 N–H and O–H groups in total. The van der Waals surface area contributed by atoms with Gasteiger partial charge in [-0.3, -0.25) is 0 Å². The van der Waals surface area contributed by atoms with Crippen LogP contribution in [0.15, 0.2) is 71.4 Å². The maximum atomic E-state index is 12.4. The maximum Gasteiger partial charge on any atom is 0.363 e. The first-order chi connectivity index (χ1) is 15.9. The van der Waals surface area contributed by atoms with E-state index in [-0.39, 0.29) is 5.70 Å². The standard InChI is InChI=1S/C27H24INO4/c1-4-31-24-15-19(13-22(28)25(24)32-16-21-10-6-5-9-18(21)3)14-23-27(30)33-26(29-23)20-11-7-8-17(2)12-20/h5-15H,4,16H2,1-3H3/b23-14+. The number of hydrogen-bond acceptors (Lipinski definition) is 5. The Morgan fingerprint density at radius 1 is 1.03 bits per heavy atom. The van der Waals surface area contributed by atoms with E-state index in [1.807, 2.05) is 62.4 Å². The summed E-state index contributed by atoms with van der Waals surface area (Å²) in [6, 6.07) is 19.6. The Labute approximate surface area is 207 Å². The van der Waals surface area contributed by atoms with Gasteiger partial charge in [0.05, 0.1) is 10.2 Å². The predicted octanol–water partition coefficient (Wildman–Crippen LogP) is 6.23. The largest absolute Gasteiger partial charge is 0.490 e. The summed E-state index contributed by atoms with van der Waals surface area (Å²) in [7, 11) is 0. The zero-order valence-electron chi connectivity index (χ0n) is 18.7. The van der Waals surface area contributed by atoms with E-state index in [0.29, 0.717) is 30.6 Å². The zero-order chi connectivity index (χ0) is 23.4. The molecule has 0 bridgehead atoms. The molecule has 33 heavy (non-hydrogen) atoms. The van der Waals surface area contributed by atoms with Gasteiger partial charge in [-0.1, -0.05) is 42.0 Å². The van der Waals surface area contributed by atoms with Crippen LogP contribution in [0.1, 0.15) is 34.7 Å². The van der Waals surface area contributed by atoms with Crippen molar-refractivity contribution in [2.45, 2.75) is 27.4 Å². The van der Waals surface area contributed by atoms with E-state index >= 15 is 0 Å². The van der Waals surface area contributed by atoms with E-state index < -0.39 is 5.97 Å². The summed E-state index contributed by atoms with van der Waals surface area (Å²) in [4.78, 5) is 16.9. The van der Waals surface area contributed by atoms with E-state index in [9.17, 15) is 4.79 Å². The average molecular weight is 553 g/mol. The second kappa shape index (κ2) is 10.2. The molecule has 168 valence electrons. The van der Waals surface area contributed by atoms with Gasteiger partial charge in [0.1, 0.15) is 6.61 Å². The summed E-state index contributed by atoms with van der Waals surface area (Å²) in [5.41, 5.74) is 5.17. The number of esters is 1. The smallest absolute Gasteiger partial charge is 0.363 e. The molecule has 0 radical (unpaired) electrons. The molecule has 0 saturated heterocycles. The lowest BCUT2D eigenvalue weighted by Gasteiger charge is -2.15. The minimum absolute atomic E-state index is 0.248. The molecule has 0 atom stereocenters. The normalized spacial score (nSPS) is 14.2. The molecular weight excluding hydrogens is 529 g/mol. The molecular formula is C27H24INO4. The van der Waals surface area contributed by atoms with Gasteiger partial charge in [-0.15, -0.1) is 0 Å². The number of rotatable bonds is 7. The molecule has 0 aromatic heterocycles. The van der Waals surface area contributed by atoms with Crippen LogP contribution in [0.3, 0.4) is 0 Å². The maximum absolute atomic E-state index is 12.4. The van der Waals surface area contributed by atoms with Crippen LogP contribution in [0.25, 0.3) is 6.08 Å². The number of benzene rings is 3. The Kier molecular flexibility index (Phi) is 7.13. The Morgan fingerprint density at radius 2 is 1.85 bits per heavy atom. The first-order valence-electron chi connectivity index (χ1n) is 10.7. The number of hydrogen-bond donors (Lipinski definition) is 0. The van der Waals surface area contributed by atoms with Gasteiger partial charge in [0.15, 0.2) is 17.2 Å². The van der Waals surface area contributed by atoms with Crippen molar-refractivity contribution in [2.75, 3.05) is 6.61 Å². The van der Waals surface area contributed by atoms with Gasteiger partial charge in [-0.05, 0) is 90.4 Å². The molecule has 0 spiro atoms. The molecule has 1 aliphatic heterocycles. The molecule has 6 heteroatoms. The third kappa shape index (κ3) is 5.45. The Morgan fingerprint density at radius 3 is 2.61 bits per heavy atom. The molecule has 0 unspecified atom stereocenters. The van der Waals surface area contributed by atoms with Gasteiger partial charge in [0.2, 0.25) is 5.90 Å². The summed E-state index contributed by atoms with van der Waals surface area (Å²) >= 11 is 2.23. The number of aryl methyl sites for hydroxylation is 2. The van der Waals surface area contributed by atoms with E-state index in [4.69, 9.17) is 14.2 Å². The fourth-order valence-electron chi connectivity index (χ4n) is 3.46. The first-order valence-corrected chi connectivity index (χ1v) is 11.8. The number of carbonyl (C=O) groups excluding carboxylic acids is 1. The van der Waals surface area contributed by atoms with Crippen LogP contribution in [-0.4, -0.2) is 18.5 Å². The van der Waals surface area contributed by atoms with Crippen LogP contribution in [0.5, 0.6) is 11.5 Å². The van der Waals surface area contributed by atoms with E-state index in [0.717, 1.165) is 25.8 Å². The van der Waals surface area contributed by atoms with Gasteiger partial charge in [-0.2, -0.15) is 0 Å². The van der Waals surface area contributed by atoms with Gasteiger partial charge in [0.25, 0.3) is 0 Å². The van der Waals surface area contributed by atoms with Crippen LogP contribution in [0.2, 0.25) is 0 Å². The van der Waals surface area contributed by atoms with Crippen molar-refractivity contribution >= 4 is 40.5 Å². The summed E-state index contributed by atoms with van der Waals surface area (Å²) in [5, 5.41) is 0. The lowest BCUT2D eigenvalue weighted by Crippen LogP contribution is -2.05. The van der Waals surface area contributed by atoms with Crippen LogP contribution in [0.4, 0.5) is 0 Å². The van der Waals surface area contributed by atoms with Crippen LogP contribution in [-0.2, 0) is 16.1 Å². The number of halogens is 1. The Hall–Kier alpha value is -3.13. The molecule has 5 nitrogen and oxygen atoms in total. The summed E-state index contributed by atoms with van der Waals surface area (Å²) in [6.45, 7) is 6.91. The SMILES string of the molecule is CCOc1cc(/C=C2/N=C(c3cccc(C)c3)OC2=O)cc(I)c1OCc1ccccc1C. The van der Waals surface area contributed by atoms with Gasteiger partial charge in [0, 0.05) is 5.56 Å². The molecule has 0 saturated carbocycles. The van der Waals surface area contributed by atoms with Gasteiger partial charge < -0.3 is 14.2 Å². The first kappa shape index (κ1) is 23.0. The van der Waals surface area contributed by atoms with Crippen LogP contribution < -0.4 is 9.47 Å². The van der Waals surface area contributed by atoms with Crippen LogP contribution in [0, 0.1) is 17.4 Å². The summed E-state index contributed by atoms with van der Waals surface area (Å²) < 4.78 is 18.3. The third-order valence-electron chi connectivity index (χ3n) is 5.15. The summed E-state index contributed by atoms with van der Waals surface area (Å²) in [6.07, 6.45) is 1.71. The quantitative estimate of drug-likeness (QED) is 0.198. The highest BCUT2D eigenvalue weighted by Crippen LogP contribution is 2.36. The molecule has 1 heterocycles. The highest BCUT2D eigenvalue weighted by Gasteiger charge is 2.24. The fraction of sp³-hybridized carbons (Fsp3) is 0.185. The summed E-state index contributed by atoms with van der Waals surface area (Å²) in [5.74, 6) is 1.15. The highest BCUT2D eigenvalue weighted by atomic mass is 127. The predicted molar refractivity (Wildman–Crippen MR) is 138 cm³/mol. The molecule has 0 aliphatic carbocycles. The van der Waals surface area contributed by atoms with Crippen molar-refractivity contribution < 1.29 is 19.0 Å². The van der Waals surface area contributed by atoms with Crippen molar-refractivity contribution in [2.24, 2.45) is 4.99 Å². The molecule has 4 rings (SSSR count). The zero-order valence-corrected chi connectivity index (χ0v) is 20.9. The Bertz CT molecular complexity index is 1260. The fourth-order valence-corrected chi connectivity index (χ4v) is 4.25. The van der Waals surface area contributed by atoms with E-state index in [2.05, 4.69) is 46.6 Å². The molecule has 3 aromatic rings. The van der Waals surface area contributed by atoms with Crippen molar-refractivity contribution in [3.63, 3.8) is 0 Å². The molecule has 0 amide bonds. The minimum atomic E-state index is -0.473. The lowest BCUT2D eigenvalue weighted by molar-refractivity contribution is -0.129. The van der Waals surface area contributed by atoms with Crippen molar-refractivity contribution in [3.8, 4) is 11.5 Å². The molecule has 3 aromatic carbocycles. The van der Waals surface area contributed by atoms with Crippen molar-refractivity contribution in [3.05, 3.63) is 97.7 Å². The molecule has 1 aliphatic rings.